The molecule has 5 nitrogen and oxygen atoms in total. The molecule has 0 radical (unpaired) electrons. The summed E-state index contributed by atoms with van der Waals surface area (Å²) in [5, 5.41) is 16.2. The summed E-state index contributed by atoms with van der Waals surface area (Å²) < 4.78 is 5.40. The lowest BCUT2D eigenvalue weighted by atomic mass is 10.0. The van der Waals surface area contributed by atoms with Crippen molar-refractivity contribution in [1.82, 2.24) is 10.6 Å². The van der Waals surface area contributed by atoms with Crippen molar-refractivity contribution in [3.05, 3.63) is 60.1 Å². The van der Waals surface area contributed by atoms with Crippen LogP contribution in [0.15, 0.2) is 58.1 Å². The van der Waals surface area contributed by atoms with E-state index in [0.29, 0.717) is 12.5 Å². The van der Waals surface area contributed by atoms with E-state index in [9.17, 15) is 5.11 Å². The molecule has 0 spiro atoms. The molecule has 3 N–H and O–H groups in total. The molecule has 1 aromatic heterocycles. The lowest BCUT2D eigenvalue weighted by Gasteiger charge is -2.20. The minimum atomic E-state index is 0. The number of hydrogen-bond donors (Lipinski definition) is 3. The monoisotopic (exact) mass is 499 g/mol. The summed E-state index contributed by atoms with van der Waals surface area (Å²) in [6.45, 7) is 5.99. The summed E-state index contributed by atoms with van der Waals surface area (Å²) in [7, 11) is 0. The molecule has 2 aromatic rings. The zero-order valence-corrected chi connectivity index (χ0v) is 19.3. The number of furan rings is 1. The topological polar surface area (TPSA) is 69.8 Å². The van der Waals surface area contributed by atoms with Gasteiger partial charge in [0.15, 0.2) is 5.96 Å². The highest BCUT2D eigenvalue weighted by Crippen LogP contribution is 2.13. The van der Waals surface area contributed by atoms with Crippen molar-refractivity contribution in [2.75, 3.05) is 19.7 Å². The third kappa shape index (κ3) is 9.10. The molecule has 1 heterocycles. The maximum Gasteiger partial charge on any atom is 0.191 e. The summed E-state index contributed by atoms with van der Waals surface area (Å²) >= 11 is 0. The predicted molar refractivity (Wildman–Crippen MR) is 126 cm³/mol. The maximum absolute atomic E-state index is 9.28. The quantitative estimate of drug-likeness (QED) is 0.241. The Labute approximate surface area is 186 Å². The summed E-state index contributed by atoms with van der Waals surface area (Å²) in [5.74, 6) is 2.18. The number of nitrogens with one attached hydrogen (secondary N) is 2. The summed E-state index contributed by atoms with van der Waals surface area (Å²) in [5.41, 5.74) is 1.22. The Kier molecular flexibility index (Phi) is 12.6. The second-order valence-corrected chi connectivity index (χ2v) is 6.89. The largest absolute Gasteiger partial charge is 0.469 e. The highest BCUT2D eigenvalue weighted by molar-refractivity contribution is 14.0. The first-order valence-electron chi connectivity index (χ1n) is 9.96. The van der Waals surface area contributed by atoms with Crippen molar-refractivity contribution in [2.24, 2.45) is 10.9 Å². The fraction of sp³-hybridized carbons (Fsp3) is 0.500. The van der Waals surface area contributed by atoms with Crippen LogP contribution in [-0.4, -0.2) is 30.8 Å². The number of guanidine groups is 1. The standard InChI is InChI=1S/C22H33N3O2.HI/c1-3-8-19(13-15-26)17-24-22(23-14-12-21-11-7-16-27-21)25-18(2)20-9-5-4-6-10-20;/h4-7,9-11,16,18-19,26H,3,8,12-15,17H2,1-2H3,(H2,23,24,25);1H. The van der Waals surface area contributed by atoms with Crippen molar-refractivity contribution in [1.29, 1.82) is 0 Å². The SMILES string of the molecule is CCCC(CCO)CN=C(NCCc1ccco1)NC(C)c1ccccc1.I. The molecule has 0 saturated carbocycles. The zero-order valence-electron chi connectivity index (χ0n) is 16.9. The van der Waals surface area contributed by atoms with Gasteiger partial charge in [-0.05, 0) is 43.4 Å². The minimum Gasteiger partial charge on any atom is -0.469 e. The van der Waals surface area contributed by atoms with Crippen LogP contribution in [0.5, 0.6) is 0 Å². The Morgan fingerprint density at radius 2 is 1.93 bits per heavy atom. The molecule has 6 heteroatoms. The molecule has 0 bridgehead atoms. The molecule has 0 aliphatic heterocycles. The molecular weight excluding hydrogens is 465 g/mol. The Balaban J connectivity index is 0.00000392. The number of hydrogen-bond acceptors (Lipinski definition) is 3. The van der Waals surface area contributed by atoms with Crippen molar-refractivity contribution in [3.63, 3.8) is 0 Å². The van der Waals surface area contributed by atoms with Gasteiger partial charge in [-0.1, -0.05) is 43.7 Å². The average Bonchev–Trinajstić information content (AvgIpc) is 3.20. The van der Waals surface area contributed by atoms with E-state index in [2.05, 4.69) is 36.6 Å². The highest BCUT2D eigenvalue weighted by Gasteiger charge is 2.10. The van der Waals surface area contributed by atoms with Crippen molar-refractivity contribution in [2.45, 2.75) is 45.6 Å². The van der Waals surface area contributed by atoms with Gasteiger partial charge >= 0.3 is 0 Å². The van der Waals surface area contributed by atoms with E-state index in [-0.39, 0.29) is 36.6 Å². The molecule has 156 valence electrons. The van der Waals surface area contributed by atoms with Gasteiger partial charge in [-0.2, -0.15) is 0 Å². The van der Waals surface area contributed by atoms with Crippen LogP contribution in [0.25, 0.3) is 0 Å². The molecular formula is C22H34IN3O2. The first-order valence-corrected chi connectivity index (χ1v) is 9.96. The van der Waals surface area contributed by atoms with E-state index in [4.69, 9.17) is 9.41 Å². The molecule has 2 atom stereocenters. The smallest absolute Gasteiger partial charge is 0.191 e. The zero-order chi connectivity index (χ0) is 19.3. The summed E-state index contributed by atoms with van der Waals surface area (Å²) in [6, 6.07) is 14.4. The van der Waals surface area contributed by atoms with Gasteiger partial charge in [-0.25, -0.2) is 0 Å². The van der Waals surface area contributed by atoms with Gasteiger partial charge in [0.1, 0.15) is 5.76 Å². The van der Waals surface area contributed by atoms with Crippen molar-refractivity contribution >= 4 is 29.9 Å². The highest BCUT2D eigenvalue weighted by atomic mass is 127. The van der Waals surface area contributed by atoms with E-state index in [1.165, 1.54) is 5.56 Å². The molecule has 2 unspecified atom stereocenters. The Morgan fingerprint density at radius 3 is 2.57 bits per heavy atom. The molecule has 0 fully saturated rings. The summed E-state index contributed by atoms with van der Waals surface area (Å²) in [6.07, 6.45) is 5.49. The van der Waals surface area contributed by atoms with E-state index in [0.717, 1.165) is 43.9 Å². The fourth-order valence-corrected chi connectivity index (χ4v) is 3.08. The molecule has 0 aliphatic rings. The van der Waals surface area contributed by atoms with Crippen LogP contribution >= 0.6 is 24.0 Å². The number of rotatable bonds is 11. The predicted octanol–water partition coefficient (Wildman–Crippen LogP) is 4.54. The molecule has 0 amide bonds. The molecule has 28 heavy (non-hydrogen) atoms. The Hall–Kier alpha value is -1.54. The Morgan fingerprint density at radius 1 is 1.14 bits per heavy atom. The Bertz CT molecular complexity index is 641. The second kappa shape index (κ2) is 14.5. The van der Waals surface area contributed by atoms with Crippen molar-refractivity contribution in [3.8, 4) is 0 Å². The average molecular weight is 499 g/mol. The number of aliphatic hydroxyl groups excluding tert-OH is 1. The van der Waals surface area contributed by atoms with E-state index >= 15 is 0 Å². The van der Waals surface area contributed by atoms with Crippen LogP contribution in [0.2, 0.25) is 0 Å². The number of aliphatic hydroxyl groups is 1. The van der Waals surface area contributed by atoms with Crippen molar-refractivity contribution < 1.29 is 9.52 Å². The van der Waals surface area contributed by atoms with Gasteiger partial charge < -0.3 is 20.2 Å². The van der Waals surface area contributed by atoms with Crippen LogP contribution in [0.4, 0.5) is 0 Å². The van der Waals surface area contributed by atoms with Gasteiger partial charge in [0.2, 0.25) is 0 Å². The second-order valence-electron chi connectivity index (χ2n) is 6.89. The molecule has 1 aromatic carbocycles. The van der Waals surface area contributed by atoms with Crippen LogP contribution in [-0.2, 0) is 6.42 Å². The van der Waals surface area contributed by atoms with E-state index < -0.39 is 0 Å². The van der Waals surface area contributed by atoms with E-state index in [1.807, 2.05) is 30.3 Å². The first-order chi connectivity index (χ1) is 13.2. The lowest BCUT2D eigenvalue weighted by Crippen LogP contribution is -2.40. The summed E-state index contributed by atoms with van der Waals surface area (Å²) in [4.78, 5) is 4.80. The van der Waals surface area contributed by atoms with Gasteiger partial charge in [0.25, 0.3) is 0 Å². The van der Waals surface area contributed by atoms with Gasteiger partial charge in [-0.15, -0.1) is 24.0 Å². The third-order valence-corrected chi connectivity index (χ3v) is 4.64. The fourth-order valence-electron chi connectivity index (χ4n) is 3.08. The van der Waals surface area contributed by atoms with Gasteiger partial charge in [0, 0.05) is 26.1 Å². The van der Waals surface area contributed by atoms with E-state index in [1.54, 1.807) is 6.26 Å². The number of benzene rings is 1. The van der Waals surface area contributed by atoms with Crippen LogP contribution in [0.3, 0.4) is 0 Å². The van der Waals surface area contributed by atoms with Crippen LogP contribution in [0.1, 0.15) is 50.5 Å². The normalized spacial score (nSPS) is 13.5. The van der Waals surface area contributed by atoms with Crippen LogP contribution in [0, 0.1) is 5.92 Å². The van der Waals surface area contributed by atoms with Crippen LogP contribution < -0.4 is 10.6 Å². The number of aliphatic imine (C=N–C) groups is 1. The number of halogens is 1. The van der Waals surface area contributed by atoms with Gasteiger partial charge in [0.05, 0.1) is 12.3 Å². The molecule has 2 rings (SSSR count). The third-order valence-electron chi connectivity index (χ3n) is 4.64. The molecule has 0 aliphatic carbocycles. The minimum absolute atomic E-state index is 0. The van der Waals surface area contributed by atoms with Gasteiger partial charge in [-0.3, -0.25) is 4.99 Å². The number of nitrogens with zero attached hydrogens (tertiary/aromatic N) is 1. The maximum atomic E-state index is 9.28. The molecule has 0 saturated heterocycles. The lowest BCUT2D eigenvalue weighted by molar-refractivity contribution is 0.253. The first kappa shape index (κ1) is 24.5.